The number of amides is 6. The zero-order valence-corrected chi connectivity index (χ0v) is 78.5. The first-order chi connectivity index (χ1) is 61.5. The Hall–Kier alpha value is -10.2. The third-order valence-corrected chi connectivity index (χ3v) is 33.2. The van der Waals surface area contributed by atoms with Gasteiger partial charge in [0.15, 0.2) is 23.1 Å². The molecule has 4 aromatic rings. The van der Waals surface area contributed by atoms with E-state index in [4.69, 9.17) is 90.4 Å². The minimum atomic E-state index is -2.39. The smallest absolute Gasteiger partial charge is 0.322 e. The Morgan fingerprint density at radius 3 is 0.863 bits per heavy atom. The number of likely N-dealkylation sites (N-methyl/N-ethyl adjacent to an activating group) is 1. The second-order valence-electron chi connectivity index (χ2n) is 39.9. The van der Waals surface area contributed by atoms with Gasteiger partial charge in [-0.1, -0.05) is 90.2 Å². The van der Waals surface area contributed by atoms with Gasteiger partial charge in [0.25, 0.3) is 9.70 Å². The van der Waals surface area contributed by atoms with Crippen LogP contribution in [0.4, 0.5) is 4.79 Å². The highest BCUT2D eigenvalue weighted by atomic mass is 35.6. The van der Waals surface area contributed by atoms with Gasteiger partial charge in [0.1, 0.15) is 24.4 Å². The first-order valence-corrected chi connectivity index (χ1v) is 45.5. The van der Waals surface area contributed by atoms with Crippen LogP contribution in [0.25, 0.3) is 0 Å². The summed E-state index contributed by atoms with van der Waals surface area (Å²) in [5.74, 6) is -12.9. The van der Waals surface area contributed by atoms with E-state index >= 15 is 0 Å². The molecule has 0 aromatic carbocycles. The number of carbonyl (C=O) groups is 17. The molecule has 4 saturated heterocycles. The molecular formula is C94H116Cl3N5O29. The summed E-state index contributed by atoms with van der Waals surface area (Å²) in [7, 11) is 6.87. The molecule has 28 atom stereocenters. The molecule has 4 aromatic heterocycles. The van der Waals surface area contributed by atoms with Crippen molar-refractivity contribution in [2.24, 2.45) is 114 Å². The van der Waals surface area contributed by atoms with Crippen LogP contribution in [0.1, 0.15) is 226 Å². The van der Waals surface area contributed by atoms with E-state index < -0.39 is 191 Å². The standard InChI is InChI=1S/C24H27Cl3N2O8.C24H31NO7.2C23H29NO7/c1-22-6-4-12-19(32)37-15(11-5-7-36-10-11)9-23(12,2)17(22)16(30)14(8-13(22)18(31)35-3)28-21(34)29-20(33)24(25,26)27;1-13(26)25(4)17-10-16(21(28)30-5)23(2)8-6-15-22(29)32-18(14-7-9-31-12-14)11-24(15,3)20(23)19(17)27;2*1-12(25)24-16-9-15(20(27)29-4)22(2)7-5-14-21(28)31-17(13-6-8-30-11-13)10-23(14,3)19(22)18(16)26/h5,7,10,12-15,17H,4,6,8-9H2,1-3H3,(H2,28,29,33,34);7,9,12,15-18,20H,6,8,10-11H2,1-5H3;2*6,8,11,14-17,19H,5,7,9-10H2,1-4H3,(H,24,25)/t12-,13-,14-,15-,17?,22-,23-;15-,16-,17-,18-,20?,23-,24-;2*14-,15-,16+,17-,19?,22-,23-/m0000/s1. The Balaban J connectivity index is 0.000000149. The minimum absolute atomic E-state index is 0.0514. The molecule has 8 saturated carbocycles. The quantitative estimate of drug-likeness (QED) is 0.0581. The summed E-state index contributed by atoms with van der Waals surface area (Å²) in [6.07, 6.45) is 16.2. The number of ketones is 4. The molecule has 8 aliphatic carbocycles. The average molecular weight is 1890 g/mol. The maximum atomic E-state index is 14.1. The molecule has 131 heavy (non-hydrogen) atoms. The SMILES string of the molecule is COC(=O)[C@@H]1C[C@@H](NC(C)=O)C(=O)C2[C@@]1(C)CC[C@H]1C(=O)O[C@H](c3ccoc3)C[C@]21C.COC(=O)[C@@H]1C[C@@H](NC(C)=O)C(=O)C2[C@@]1(C)CC[C@H]1C(=O)O[C@H](c3ccoc3)C[C@]21C.COC(=O)[C@@H]1C[C@H](N(C)C(C)=O)C(=O)C2[C@@]1(C)CC[C@H]1C(=O)O[C@H](c3ccoc3)C[C@]21C.COC(=O)[C@@H]1C[C@H](NC(=O)NC(=O)C(Cl)(Cl)Cl)C(=O)C2[C@@]1(C)CC[C@H]1C(=O)O[C@H](c3ccoc3)C[C@]21C. The molecule has 34 nitrogen and oxygen atoms in total. The van der Waals surface area contributed by atoms with Crippen LogP contribution >= 0.6 is 34.8 Å². The number of ether oxygens (including phenoxy) is 8. The number of alkyl halides is 3. The molecule has 0 radical (unpaired) electrons. The van der Waals surface area contributed by atoms with Crippen molar-refractivity contribution in [3.05, 3.63) is 96.6 Å². The molecule has 712 valence electrons. The van der Waals surface area contributed by atoms with Crippen LogP contribution < -0.4 is 21.3 Å². The zero-order chi connectivity index (χ0) is 95.9. The van der Waals surface area contributed by atoms with E-state index in [2.05, 4.69) is 16.0 Å². The molecule has 37 heteroatoms. The number of carbonyl (C=O) groups excluding carboxylic acids is 17. The number of esters is 8. The summed E-state index contributed by atoms with van der Waals surface area (Å²) >= 11 is 16.5. The van der Waals surface area contributed by atoms with Gasteiger partial charge >= 0.3 is 53.8 Å². The van der Waals surface area contributed by atoms with Crippen molar-refractivity contribution in [2.75, 3.05) is 35.5 Å². The summed E-state index contributed by atoms with van der Waals surface area (Å²) in [6, 6.07) is 2.42. The van der Waals surface area contributed by atoms with Crippen LogP contribution in [0.3, 0.4) is 0 Å². The topological polar surface area (TPSA) is 468 Å². The number of furan rings is 4. The monoisotopic (exact) mass is 1880 g/mol. The third kappa shape index (κ3) is 17.5. The van der Waals surface area contributed by atoms with Crippen LogP contribution in [0.5, 0.6) is 0 Å². The average Bonchev–Trinajstić information content (AvgIpc) is 1.63. The first kappa shape index (κ1) is 98.3. The van der Waals surface area contributed by atoms with Crippen molar-refractivity contribution in [3.63, 3.8) is 0 Å². The van der Waals surface area contributed by atoms with Gasteiger partial charge in [-0.15, -0.1) is 0 Å². The number of hydrogen-bond donors (Lipinski definition) is 4. The molecule has 0 bridgehead atoms. The Bertz CT molecular complexity index is 4980. The van der Waals surface area contributed by atoms with E-state index in [0.717, 1.165) is 16.7 Å². The van der Waals surface area contributed by atoms with E-state index in [0.29, 0.717) is 82.6 Å². The van der Waals surface area contributed by atoms with Crippen molar-refractivity contribution < 1.29 is 137 Å². The van der Waals surface area contributed by atoms with E-state index in [1.807, 2.05) is 60.7 Å². The predicted octanol–water partition coefficient (Wildman–Crippen LogP) is 11.7. The Morgan fingerprint density at radius 2 is 0.634 bits per heavy atom. The number of nitrogens with one attached hydrogen (secondary N) is 4. The zero-order valence-electron chi connectivity index (χ0n) is 76.2. The van der Waals surface area contributed by atoms with Gasteiger partial charge in [0.2, 0.25) is 17.7 Å². The number of rotatable bonds is 12. The highest BCUT2D eigenvalue weighted by Crippen LogP contribution is 2.70. The number of imide groups is 1. The first-order valence-electron chi connectivity index (χ1n) is 44.3. The molecule has 8 heterocycles. The highest BCUT2D eigenvalue weighted by Gasteiger charge is 2.73. The summed E-state index contributed by atoms with van der Waals surface area (Å²) < 4.78 is 61.7. The fourth-order valence-corrected chi connectivity index (χ4v) is 26.7. The van der Waals surface area contributed by atoms with Crippen LogP contribution in [0.15, 0.2) is 92.0 Å². The number of cyclic esters (lactones) is 4. The predicted molar refractivity (Wildman–Crippen MR) is 457 cm³/mol. The fraction of sp³-hybridized carbons (Fsp3) is 0.649. The van der Waals surface area contributed by atoms with Gasteiger partial charge in [-0.2, -0.15) is 0 Å². The van der Waals surface area contributed by atoms with Gasteiger partial charge in [0.05, 0.1) is 150 Å². The summed E-state index contributed by atoms with van der Waals surface area (Å²) in [5, 5.41) is 9.80. The van der Waals surface area contributed by atoms with Crippen molar-refractivity contribution in [1.29, 1.82) is 0 Å². The minimum Gasteiger partial charge on any atom is -0.472 e. The van der Waals surface area contributed by atoms with Crippen LogP contribution in [-0.4, -0.2) is 169 Å². The van der Waals surface area contributed by atoms with E-state index in [-0.39, 0.29) is 102 Å². The molecular weight excluding hydrogens is 1770 g/mol. The number of fused-ring (bicyclic) bond motifs is 12. The van der Waals surface area contributed by atoms with Crippen molar-refractivity contribution >= 4 is 135 Å². The summed E-state index contributed by atoms with van der Waals surface area (Å²) in [6.45, 7) is 19.6. The number of nitrogens with zero attached hydrogens (tertiary/aromatic N) is 1. The molecule has 12 aliphatic rings. The molecule has 16 rings (SSSR count). The Morgan fingerprint density at radius 1 is 0.382 bits per heavy atom. The highest BCUT2D eigenvalue weighted by molar-refractivity contribution is 6.76. The lowest BCUT2D eigenvalue weighted by Crippen LogP contribution is -2.67. The lowest BCUT2D eigenvalue weighted by molar-refractivity contribution is -0.207. The van der Waals surface area contributed by atoms with Gasteiger partial charge in [-0.05, 0) is 170 Å². The fourth-order valence-electron chi connectivity index (χ4n) is 26.6. The van der Waals surface area contributed by atoms with Crippen LogP contribution in [0, 0.1) is 114 Å². The molecule has 4 unspecified atom stereocenters. The van der Waals surface area contributed by atoms with Gasteiger partial charge in [-0.25, -0.2) is 4.79 Å². The summed E-state index contributed by atoms with van der Waals surface area (Å²) in [5.41, 5.74) is -3.10. The Labute approximate surface area is 772 Å². The number of urea groups is 1. The normalized spacial score (nSPS) is 38.3. The van der Waals surface area contributed by atoms with Crippen LogP contribution in [-0.2, 0) is 115 Å². The van der Waals surface area contributed by atoms with Crippen LogP contribution in [0.2, 0.25) is 0 Å². The molecule has 12 fully saturated rings. The second kappa shape index (κ2) is 37.0. The van der Waals surface area contributed by atoms with E-state index in [1.54, 1.807) is 50.1 Å². The van der Waals surface area contributed by atoms with E-state index in [9.17, 15) is 81.5 Å². The van der Waals surface area contributed by atoms with E-state index in [1.165, 1.54) is 85.4 Å². The lowest BCUT2D eigenvalue weighted by Gasteiger charge is -2.61. The number of halogens is 3. The maximum absolute atomic E-state index is 14.1. The molecule has 4 aliphatic heterocycles. The third-order valence-electron chi connectivity index (χ3n) is 32.7. The van der Waals surface area contributed by atoms with Gasteiger partial charge < -0.3 is 76.4 Å². The second-order valence-corrected chi connectivity index (χ2v) is 42.2. The van der Waals surface area contributed by atoms with Gasteiger partial charge in [-0.3, -0.25) is 82.0 Å². The lowest BCUT2D eigenvalue weighted by atomic mass is 9.42. The molecule has 0 spiro atoms. The molecule has 4 N–H and O–H groups in total. The number of Topliss-reactive ketones (excluding diaryl/α,β-unsaturated/α-hetero) is 4. The number of methoxy groups -OCH3 is 4. The maximum Gasteiger partial charge on any atom is 0.322 e. The van der Waals surface area contributed by atoms with Crippen molar-refractivity contribution in [2.45, 2.75) is 231 Å². The largest absolute Gasteiger partial charge is 0.472 e. The van der Waals surface area contributed by atoms with Crippen molar-refractivity contribution in [1.82, 2.24) is 26.2 Å². The Kier molecular flexibility index (Phi) is 27.7. The molecule has 6 amide bonds. The van der Waals surface area contributed by atoms with Gasteiger partial charge in [0, 0.05) is 73.7 Å². The van der Waals surface area contributed by atoms with Crippen molar-refractivity contribution in [3.8, 4) is 0 Å². The number of hydrogen-bond acceptors (Lipinski definition) is 29. The summed E-state index contributed by atoms with van der Waals surface area (Å²) in [4.78, 5) is 221.